The number of aromatic nitrogens is 2. The van der Waals surface area contributed by atoms with E-state index in [2.05, 4.69) is 25.5 Å². The Morgan fingerprint density at radius 1 is 1.08 bits per heavy atom. The molecular formula is C16H20F3N5. The quantitative estimate of drug-likeness (QED) is 0.755. The molecule has 1 heterocycles. The third-order valence-electron chi connectivity index (χ3n) is 3.25. The summed E-state index contributed by atoms with van der Waals surface area (Å²) in [5.74, 6) is 0.868. The Morgan fingerprint density at radius 3 is 2.50 bits per heavy atom. The number of benzene rings is 1. The second-order valence-corrected chi connectivity index (χ2v) is 5.54. The molecule has 0 aliphatic heterocycles. The molecule has 24 heavy (non-hydrogen) atoms. The van der Waals surface area contributed by atoms with Crippen LogP contribution in [0.25, 0.3) is 0 Å². The van der Waals surface area contributed by atoms with Crippen LogP contribution in [-0.2, 0) is 6.18 Å². The van der Waals surface area contributed by atoms with Gasteiger partial charge in [0.2, 0.25) is 0 Å². The highest BCUT2D eigenvalue weighted by Crippen LogP contribution is 2.35. The van der Waals surface area contributed by atoms with Crippen molar-refractivity contribution in [2.75, 3.05) is 37.8 Å². The standard InChI is InChI=1S/C16H20F3N5/c1-24(2)9-5-8-20-14-10-15(22-11-21-14)23-13-7-4-3-6-12(13)16(17,18)19/h3-4,6-7,10-11H,5,8-9H2,1-2H3,(H2,20,21,22,23). The largest absolute Gasteiger partial charge is 0.418 e. The van der Waals surface area contributed by atoms with Gasteiger partial charge in [0.25, 0.3) is 0 Å². The van der Waals surface area contributed by atoms with E-state index >= 15 is 0 Å². The van der Waals surface area contributed by atoms with Crippen molar-refractivity contribution in [2.24, 2.45) is 0 Å². The molecule has 0 fully saturated rings. The molecule has 0 bridgehead atoms. The first-order chi connectivity index (χ1) is 11.4. The minimum atomic E-state index is -4.43. The lowest BCUT2D eigenvalue weighted by molar-refractivity contribution is -0.136. The first-order valence-electron chi connectivity index (χ1n) is 7.50. The summed E-state index contributed by atoms with van der Waals surface area (Å²) < 4.78 is 39.0. The average molecular weight is 339 g/mol. The summed E-state index contributed by atoms with van der Waals surface area (Å²) in [5, 5.41) is 5.84. The number of anilines is 3. The molecule has 8 heteroatoms. The van der Waals surface area contributed by atoms with Gasteiger partial charge in [-0.2, -0.15) is 13.2 Å². The van der Waals surface area contributed by atoms with Crippen LogP contribution in [0, 0.1) is 0 Å². The maximum atomic E-state index is 13.0. The highest BCUT2D eigenvalue weighted by atomic mass is 19.4. The van der Waals surface area contributed by atoms with Gasteiger partial charge >= 0.3 is 6.18 Å². The fraction of sp³-hybridized carbons (Fsp3) is 0.375. The molecule has 0 saturated heterocycles. The van der Waals surface area contributed by atoms with E-state index in [-0.39, 0.29) is 5.69 Å². The molecule has 1 aromatic heterocycles. The molecule has 0 spiro atoms. The zero-order valence-electron chi connectivity index (χ0n) is 13.6. The van der Waals surface area contributed by atoms with Gasteiger partial charge in [-0.3, -0.25) is 0 Å². The van der Waals surface area contributed by atoms with Crippen LogP contribution in [0.5, 0.6) is 0 Å². The number of para-hydroxylation sites is 1. The lowest BCUT2D eigenvalue weighted by Crippen LogP contribution is -2.16. The molecule has 0 saturated carbocycles. The molecule has 0 radical (unpaired) electrons. The normalized spacial score (nSPS) is 11.6. The zero-order valence-corrected chi connectivity index (χ0v) is 13.6. The minimum Gasteiger partial charge on any atom is -0.370 e. The SMILES string of the molecule is CN(C)CCCNc1cc(Nc2ccccc2C(F)(F)F)ncn1. The fourth-order valence-corrected chi connectivity index (χ4v) is 2.11. The van der Waals surface area contributed by atoms with Crippen LogP contribution in [0.1, 0.15) is 12.0 Å². The van der Waals surface area contributed by atoms with Crippen molar-refractivity contribution in [1.82, 2.24) is 14.9 Å². The van der Waals surface area contributed by atoms with Gasteiger partial charge in [0.15, 0.2) is 0 Å². The minimum absolute atomic E-state index is 0.0396. The van der Waals surface area contributed by atoms with Gasteiger partial charge in [-0.05, 0) is 39.2 Å². The summed E-state index contributed by atoms with van der Waals surface area (Å²) in [6.07, 6.45) is -2.19. The van der Waals surface area contributed by atoms with Crippen LogP contribution >= 0.6 is 0 Å². The average Bonchev–Trinajstić information content (AvgIpc) is 2.51. The fourth-order valence-electron chi connectivity index (χ4n) is 2.11. The van der Waals surface area contributed by atoms with Crippen LogP contribution in [0.4, 0.5) is 30.5 Å². The van der Waals surface area contributed by atoms with Crippen molar-refractivity contribution in [3.8, 4) is 0 Å². The third-order valence-corrected chi connectivity index (χ3v) is 3.25. The van der Waals surface area contributed by atoms with Crippen LogP contribution in [0.2, 0.25) is 0 Å². The molecule has 1 aromatic carbocycles. The lowest BCUT2D eigenvalue weighted by Gasteiger charge is -2.14. The summed E-state index contributed by atoms with van der Waals surface area (Å²) in [5.41, 5.74) is -0.772. The Morgan fingerprint density at radius 2 is 1.79 bits per heavy atom. The van der Waals surface area contributed by atoms with E-state index in [0.717, 1.165) is 19.0 Å². The zero-order chi connectivity index (χ0) is 17.6. The molecule has 5 nitrogen and oxygen atoms in total. The van der Waals surface area contributed by atoms with Crippen molar-refractivity contribution >= 4 is 17.3 Å². The Balaban J connectivity index is 2.05. The monoisotopic (exact) mass is 339 g/mol. The van der Waals surface area contributed by atoms with Gasteiger partial charge in [-0.25, -0.2) is 9.97 Å². The van der Waals surface area contributed by atoms with E-state index in [1.54, 1.807) is 12.1 Å². The number of rotatable bonds is 7. The first kappa shape index (κ1) is 18.0. The Kier molecular flexibility index (Phi) is 5.97. The van der Waals surface area contributed by atoms with E-state index in [4.69, 9.17) is 0 Å². The predicted molar refractivity (Wildman–Crippen MR) is 88.4 cm³/mol. The number of nitrogens with one attached hydrogen (secondary N) is 2. The topological polar surface area (TPSA) is 53.1 Å². The Hall–Kier alpha value is -2.35. The van der Waals surface area contributed by atoms with Crippen LogP contribution < -0.4 is 10.6 Å². The van der Waals surface area contributed by atoms with Crippen molar-refractivity contribution in [3.63, 3.8) is 0 Å². The summed E-state index contributed by atoms with van der Waals surface area (Å²) in [4.78, 5) is 10.1. The van der Waals surface area contributed by atoms with Gasteiger partial charge in [-0.15, -0.1) is 0 Å². The lowest BCUT2D eigenvalue weighted by atomic mass is 10.1. The molecule has 0 atom stereocenters. The highest BCUT2D eigenvalue weighted by Gasteiger charge is 2.33. The van der Waals surface area contributed by atoms with E-state index in [0.29, 0.717) is 18.2 Å². The van der Waals surface area contributed by atoms with E-state index in [1.807, 2.05) is 14.1 Å². The Bertz CT molecular complexity index is 658. The molecule has 0 unspecified atom stereocenters. The molecule has 0 amide bonds. The van der Waals surface area contributed by atoms with E-state index < -0.39 is 11.7 Å². The van der Waals surface area contributed by atoms with E-state index in [1.165, 1.54) is 18.5 Å². The number of alkyl halides is 3. The molecule has 2 N–H and O–H groups in total. The summed E-state index contributed by atoms with van der Waals surface area (Å²) in [6.45, 7) is 1.65. The van der Waals surface area contributed by atoms with Crippen molar-refractivity contribution in [2.45, 2.75) is 12.6 Å². The predicted octanol–water partition coefficient (Wildman–Crippen LogP) is 3.60. The van der Waals surface area contributed by atoms with Crippen LogP contribution in [0.15, 0.2) is 36.7 Å². The maximum absolute atomic E-state index is 13.0. The molecular weight excluding hydrogens is 319 g/mol. The molecule has 2 rings (SSSR count). The Labute approximate surface area is 138 Å². The van der Waals surface area contributed by atoms with E-state index in [9.17, 15) is 13.2 Å². The second-order valence-electron chi connectivity index (χ2n) is 5.54. The maximum Gasteiger partial charge on any atom is 0.418 e. The third kappa shape index (κ3) is 5.38. The van der Waals surface area contributed by atoms with Crippen LogP contribution in [0.3, 0.4) is 0 Å². The van der Waals surface area contributed by atoms with Gasteiger partial charge in [0, 0.05) is 12.6 Å². The number of nitrogens with zero attached hydrogens (tertiary/aromatic N) is 3. The summed E-state index contributed by atoms with van der Waals surface area (Å²) >= 11 is 0. The van der Waals surface area contributed by atoms with Gasteiger partial charge in [0.05, 0.1) is 11.3 Å². The highest BCUT2D eigenvalue weighted by molar-refractivity contribution is 5.63. The number of hydrogen-bond donors (Lipinski definition) is 2. The van der Waals surface area contributed by atoms with Crippen LogP contribution in [-0.4, -0.2) is 42.1 Å². The van der Waals surface area contributed by atoms with Crippen molar-refractivity contribution in [1.29, 1.82) is 0 Å². The molecule has 0 aliphatic rings. The van der Waals surface area contributed by atoms with Crippen molar-refractivity contribution in [3.05, 3.63) is 42.2 Å². The van der Waals surface area contributed by atoms with Crippen molar-refractivity contribution < 1.29 is 13.2 Å². The number of halogens is 3. The molecule has 130 valence electrons. The van der Waals surface area contributed by atoms with Gasteiger partial charge in [-0.1, -0.05) is 12.1 Å². The number of hydrogen-bond acceptors (Lipinski definition) is 5. The smallest absolute Gasteiger partial charge is 0.370 e. The molecule has 2 aromatic rings. The van der Waals surface area contributed by atoms with Gasteiger partial charge < -0.3 is 15.5 Å². The summed E-state index contributed by atoms with van der Waals surface area (Å²) in [6, 6.07) is 6.88. The molecule has 0 aliphatic carbocycles. The summed E-state index contributed by atoms with van der Waals surface area (Å²) in [7, 11) is 3.98. The first-order valence-corrected chi connectivity index (χ1v) is 7.50. The van der Waals surface area contributed by atoms with Gasteiger partial charge in [0.1, 0.15) is 18.0 Å². The second kappa shape index (κ2) is 7.96.